The Bertz CT molecular complexity index is 1040. The number of para-hydroxylation sites is 1. The van der Waals surface area contributed by atoms with E-state index < -0.39 is 5.82 Å². The third kappa shape index (κ3) is 5.03. The molecule has 0 radical (unpaired) electrons. The van der Waals surface area contributed by atoms with Crippen LogP contribution in [0.5, 0.6) is 17.2 Å². The Morgan fingerprint density at radius 2 is 1.93 bits per heavy atom. The van der Waals surface area contributed by atoms with Gasteiger partial charge in [-0.15, -0.1) is 0 Å². The number of ether oxygens (including phenoxy) is 2. The molecule has 1 heterocycles. The lowest BCUT2D eigenvalue weighted by Crippen LogP contribution is -2.28. The summed E-state index contributed by atoms with van der Waals surface area (Å²) in [5.74, 6) is 0.531. The SMILES string of the molecule is COc1ccccc1C(C)N(C)C(=O)/C=C/c1ccc(Oc2cccnc2)c(F)c1. The molecular weight excluding hydrogens is 383 g/mol. The van der Waals surface area contributed by atoms with E-state index in [-0.39, 0.29) is 17.7 Å². The maximum atomic E-state index is 14.4. The molecule has 30 heavy (non-hydrogen) atoms. The smallest absolute Gasteiger partial charge is 0.246 e. The number of pyridine rings is 1. The van der Waals surface area contributed by atoms with Gasteiger partial charge in [0.15, 0.2) is 11.6 Å². The number of nitrogens with zero attached hydrogens (tertiary/aromatic N) is 2. The van der Waals surface area contributed by atoms with Crippen LogP contribution in [0.15, 0.2) is 73.1 Å². The number of benzene rings is 2. The number of rotatable bonds is 7. The van der Waals surface area contributed by atoms with Gasteiger partial charge in [0.05, 0.1) is 19.3 Å². The molecule has 0 aliphatic carbocycles. The molecule has 3 aromatic rings. The van der Waals surface area contributed by atoms with Crippen molar-refractivity contribution in [2.75, 3.05) is 14.2 Å². The summed E-state index contributed by atoms with van der Waals surface area (Å²) in [4.78, 5) is 18.1. The minimum absolute atomic E-state index is 0.0911. The second-order valence-corrected chi connectivity index (χ2v) is 6.68. The number of hydrogen-bond acceptors (Lipinski definition) is 4. The topological polar surface area (TPSA) is 51.7 Å². The zero-order valence-corrected chi connectivity index (χ0v) is 17.1. The summed E-state index contributed by atoms with van der Waals surface area (Å²) >= 11 is 0. The van der Waals surface area contributed by atoms with E-state index in [9.17, 15) is 9.18 Å². The monoisotopic (exact) mass is 406 g/mol. The fraction of sp³-hybridized carbons (Fsp3) is 0.167. The fourth-order valence-electron chi connectivity index (χ4n) is 2.93. The molecule has 2 aromatic carbocycles. The van der Waals surface area contributed by atoms with Gasteiger partial charge in [-0.1, -0.05) is 24.3 Å². The lowest BCUT2D eigenvalue weighted by Gasteiger charge is -2.25. The van der Waals surface area contributed by atoms with Crippen molar-refractivity contribution >= 4 is 12.0 Å². The van der Waals surface area contributed by atoms with Gasteiger partial charge in [-0.05, 0) is 48.9 Å². The molecule has 3 rings (SSSR count). The molecule has 0 saturated carbocycles. The average molecular weight is 406 g/mol. The van der Waals surface area contributed by atoms with Gasteiger partial charge in [0.25, 0.3) is 0 Å². The Morgan fingerprint density at radius 3 is 2.63 bits per heavy atom. The maximum Gasteiger partial charge on any atom is 0.246 e. The summed E-state index contributed by atoms with van der Waals surface area (Å²) < 4.78 is 25.2. The molecule has 5 nitrogen and oxygen atoms in total. The van der Waals surface area contributed by atoms with Crippen molar-refractivity contribution in [3.05, 3.63) is 90.0 Å². The van der Waals surface area contributed by atoms with Crippen LogP contribution in [0.1, 0.15) is 24.1 Å². The quantitative estimate of drug-likeness (QED) is 0.503. The first kappa shape index (κ1) is 21.0. The third-order valence-electron chi connectivity index (χ3n) is 4.75. The van der Waals surface area contributed by atoms with Crippen molar-refractivity contribution in [3.63, 3.8) is 0 Å². The van der Waals surface area contributed by atoms with Crippen LogP contribution in [-0.2, 0) is 4.79 Å². The van der Waals surface area contributed by atoms with Crippen molar-refractivity contribution < 1.29 is 18.7 Å². The Kier molecular flexibility index (Phi) is 6.80. The number of aromatic nitrogens is 1. The highest BCUT2D eigenvalue weighted by Crippen LogP contribution is 2.28. The number of amides is 1. The van der Waals surface area contributed by atoms with Gasteiger partial charge in [0, 0.05) is 24.9 Å². The van der Waals surface area contributed by atoms with Crippen molar-refractivity contribution in [3.8, 4) is 17.2 Å². The van der Waals surface area contributed by atoms with Gasteiger partial charge in [0.2, 0.25) is 5.91 Å². The summed E-state index contributed by atoms with van der Waals surface area (Å²) in [6.07, 6.45) is 6.11. The molecule has 0 spiro atoms. The molecule has 0 aliphatic heterocycles. The zero-order valence-electron chi connectivity index (χ0n) is 17.1. The Hall–Kier alpha value is -3.67. The molecule has 1 amide bonds. The van der Waals surface area contributed by atoms with Gasteiger partial charge < -0.3 is 14.4 Å². The van der Waals surface area contributed by atoms with E-state index in [0.29, 0.717) is 11.3 Å². The first-order valence-electron chi connectivity index (χ1n) is 9.45. The van der Waals surface area contributed by atoms with E-state index in [1.54, 1.807) is 49.5 Å². The van der Waals surface area contributed by atoms with Gasteiger partial charge in [-0.2, -0.15) is 0 Å². The normalized spacial score (nSPS) is 11.9. The standard InChI is InChI=1S/C24H23FN2O3/c1-17(20-8-4-5-9-22(20)29-3)27(2)24(28)13-11-18-10-12-23(21(25)15-18)30-19-7-6-14-26-16-19/h4-17H,1-3H3/b13-11+. The van der Waals surface area contributed by atoms with E-state index in [1.165, 1.54) is 24.4 Å². The van der Waals surface area contributed by atoms with Crippen LogP contribution in [0.2, 0.25) is 0 Å². The minimum atomic E-state index is -0.524. The number of halogens is 1. The van der Waals surface area contributed by atoms with Gasteiger partial charge in [-0.25, -0.2) is 4.39 Å². The van der Waals surface area contributed by atoms with Crippen LogP contribution < -0.4 is 9.47 Å². The lowest BCUT2D eigenvalue weighted by molar-refractivity contribution is -0.126. The average Bonchev–Trinajstić information content (AvgIpc) is 2.78. The molecule has 0 fully saturated rings. The number of carbonyl (C=O) groups excluding carboxylic acids is 1. The van der Waals surface area contributed by atoms with E-state index in [2.05, 4.69) is 4.98 Å². The van der Waals surface area contributed by atoms with Crippen LogP contribution in [0.25, 0.3) is 6.08 Å². The van der Waals surface area contributed by atoms with Gasteiger partial charge >= 0.3 is 0 Å². The van der Waals surface area contributed by atoms with E-state index >= 15 is 0 Å². The molecular formula is C24H23FN2O3. The summed E-state index contributed by atoms with van der Waals surface area (Å²) in [6, 6.07) is 15.3. The highest BCUT2D eigenvalue weighted by molar-refractivity contribution is 5.92. The summed E-state index contributed by atoms with van der Waals surface area (Å²) in [5.41, 5.74) is 1.46. The Balaban J connectivity index is 1.68. The van der Waals surface area contributed by atoms with Crippen molar-refractivity contribution in [1.29, 1.82) is 0 Å². The molecule has 0 aliphatic rings. The van der Waals surface area contributed by atoms with Gasteiger partial charge in [0.1, 0.15) is 11.5 Å². The van der Waals surface area contributed by atoms with Crippen LogP contribution in [0.3, 0.4) is 0 Å². The third-order valence-corrected chi connectivity index (χ3v) is 4.75. The van der Waals surface area contributed by atoms with Crippen molar-refractivity contribution in [2.24, 2.45) is 0 Å². The number of likely N-dealkylation sites (N-methyl/N-ethyl adjacent to an activating group) is 1. The van der Waals surface area contributed by atoms with Crippen LogP contribution in [0, 0.1) is 5.82 Å². The maximum absolute atomic E-state index is 14.4. The summed E-state index contributed by atoms with van der Waals surface area (Å²) in [7, 11) is 3.32. The Labute approximate surface area is 175 Å². The summed E-state index contributed by atoms with van der Waals surface area (Å²) in [6.45, 7) is 1.92. The highest BCUT2D eigenvalue weighted by Gasteiger charge is 2.18. The molecule has 0 saturated heterocycles. The van der Waals surface area contributed by atoms with E-state index in [1.807, 2.05) is 31.2 Å². The number of hydrogen-bond donors (Lipinski definition) is 0. The first-order valence-corrected chi connectivity index (χ1v) is 9.45. The predicted molar refractivity (Wildman–Crippen MR) is 114 cm³/mol. The largest absolute Gasteiger partial charge is 0.496 e. The molecule has 1 atom stereocenters. The summed E-state index contributed by atoms with van der Waals surface area (Å²) in [5, 5.41) is 0. The van der Waals surface area contributed by atoms with Crippen LogP contribution in [-0.4, -0.2) is 29.9 Å². The molecule has 154 valence electrons. The van der Waals surface area contributed by atoms with Crippen molar-refractivity contribution in [2.45, 2.75) is 13.0 Å². The second-order valence-electron chi connectivity index (χ2n) is 6.68. The van der Waals surface area contributed by atoms with Crippen LogP contribution in [0.4, 0.5) is 4.39 Å². The second kappa shape index (κ2) is 9.69. The molecule has 1 aromatic heterocycles. The van der Waals surface area contributed by atoms with E-state index in [0.717, 1.165) is 11.3 Å². The fourth-order valence-corrected chi connectivity index (χ4v) is 2.93. The highest BCUT2D eigenvalue weighted by atomic mass is 19.1. The lowest BCUT2D eigenvalue weighted by atomic mass is 10.1. The van der Waals surface area contributed by atoms with Gasteiger partial charge in [-0.3, -0.25) is 9.78 Å². The van der Waals surface area contributed by atoms with Crippen molar-refractivity contribution in [1.82, 2.24) is 9.88 Å². The predicted octanol–water partition coefficient (Wildman–Crippen LogP) is 5.25. The number of carbonyl (C=O) groups is 1. The zero-order chi connectivity index (χ0) is 21.5. The molecule has 6 heteroatoms. The Morgan fingerprint density at radius 1 is 1.13 bits per heavy atom. The van der Waals surface area contributed by atoms with Crippen LogP contribution >= 0.6 is 0 Å². The number of methoxy groups -OCH3 is 1. The molecule has 1 unspecified atom stereocenters. The first-order chi connectivity index (χ1) is 14.5. The molecule has 0 N–H and O–H groups in total. The van der Waals surface area contributed by atoms with E-state index in [4.69, 9.17) is 9.47 Å². The molecule has 0 bridgehead atoms. The minimum Gasteiger partial charge on any atom is -0.496 e.